The highest BCUT2D eigenvalue weighted by Gasteiger charge is 2.35. The molecule has 5 heteroatoms. The molecule has 1 saturated heterocycles. The lowest BCUT2D eigenvalue weighted by Crippen LogP contribution is -2.41. The van der Waals surface area contributed by atoms with Crippen LogP contribution in [0.4, 0.5) is 0 Å². The quantitative estimate of drug-likeness (QED) is 0.813. The van der Waals surface area contributed by atoms with Crippen LogP contribution in [0.1, 0.15) is 36.0 Å². The van der Waals surface area contributed by atoms with Crippen LogP contribution in [0.15, 0.2) is 22.8 Å². The van der Waals surface area contributed by atoms with E-state index in [0.717, 1.165) is 35.8 Å². The van der Waals surface area contributed by atoms with Crippen LogP contribution in [0.2, 0.25) is 0 Å². The number of hydrogen-bond donors (Lipinski definition) is 0. The van der Waals surface area contributed by atoms with E-state index in [2.05, 4.69) is 12.1 Å². The Labute approximate surface area is 140 Å². The Morgan fingerprint density at radius 2 is 2.04 bits per heavy atom. The Hall–Kier alpha value is -2.30. The second-order valence-electron chi connectivity index (χ2n) is 6.68. The summed E-state index contributed by atoms with van der Waals surface area (Å²) in [6.45, 7) is 0.615. The maximum absolute atomic E-state index is 12.7. The number of ether oxygens (including phenoxy) is 1. The van der Waals surface area contributed by atoms with Crippen LogP contribution in [0, 0.1) is 0 Å². The van der Waals surface area contributed by atoms with Gasteiger partial charge in [0.25, 0.3) is 0 Å². The van der Waals surface area contributed by atoms with Crippen LogP contribution >= 0.6 is 0 Å². The summed E-state index contributed by atoms with van der Waals surface area (Å²) in [6.07, 6.45) is 6.85. The van der Waals surface area contributed by atoms with Gasteiger partial charge >= 0.3 is 5.97 Å². The number of carbonyl (C=O) groups excluding carboxylic acids is 2. The van der Waals surface area contributed by atoms with Gasteiger partial charge in [0.1, 0.15) is 11.6 Å². The average Bonchev–Trinajstić information content (AvgIpc) is 3.31. The molecule has 0 saturated carbocycles. The second kappa shape index (κ2) is 5.96. The predicted molar refractivity (Wildman–Crippen MR) is 88.7 cm³/mol. The molecule has 2 heterocycles. The SMILES string of the molecule is COC(=O)[C@@H]1CCCN1C(=O)Cc1coc2cc3c(cc12)CCC3. The van der Waals surface area contributed by atoms with Crippen molar-refractivity contribution in [3.8, 4) is 0 Å². The molecule has 24 heavy (non-hydrogen) atoms. The number of esters is 1. The van der Waals surface area contributed by atoms with Gasteiger partial charge in [-0.15, -0.1) is 0 Å². The first-order valence-corrected chi connectivity index (χ1v) is 8.56. The number of likely N-dealkylation sites (tertiary alicyclic amines) is 1. The number of furan rings is 1. The van der Waals surface area contributed by atoms with E-state index in [1.807, 2.05) is 0 Å². The molecule has 1 aliphatic heterocycles. The Morgan fingerprint density at radius 3 is 2.83 bits per heavy atom. The zero-order chi connectivity index (χ0) is 16.7. The number of nitrogens with zero attached hydrogens (tertiary/aromatic N) is 1. The van der Waals surface area contributed by atoms with Crippen LogP contribution < -0.4 is 0 Å². The molecule has 1 amide bonds. The van der Waals surface area contributed by atoms with Crippen molar-refractivity contribution in [2.24, 2.45) is 0 Å². The van der Waals surface area contributed by atoms with E-state index >= 15 is 0 Å². The van der Waals surface area contributed by atoms with Gasteiger partial charge in [0.15, 0.2) is 0 Å². The third kappa shape index (κ3) is 2.48. The number of methoxy groups -OCH3 is 1. The second-order valence-corrected chi connectivity index (χ2v) is 6.68. The van der Waals surface area contributed by atoms with Crippen molar-refractivity contribution < 1.29 is 18.7 Å². The van der Waals surface area contributed by atoms with Gasteiger partial charge in [-0.2, -0.15) is 0 Å². The lowest BCUT2D eigenvalue weighted by atomic mass is 10.0. The van der Waals surface area contributed by atoms with Crippen molar-refractivity contribution in [2.45, 2.75) is 44.6 Å². The third-order valence-electron chi connectivity index (χ3n) is 5.26. The predicted octanol–water partition coefficient (Wildman–Crippen LogP) is 2.63. The summed E-state index contributed by atoms with van der Waals surface area (Å²) >= 11 is 0. The first-order chi connectivity index (χ1) is 11.7. The summed E-state index contributed by atoms with van der Waals surface area (Å²) < 4.78 is 10.5. The highest BCUT2D eigenvalue weighted by atomic mass is 16.5. The molecule has 2 aliphatic rings. The molecule has 126 valence electrons. The Bertz CT molecular complexity index is 807. The number of hydrogen-bond acceptors (Lipinski definition) is 4. The van der Waals surface area contributed by atoms with E-state index in [1.54, 1.807) is 11.2 Å². The van der Waals surface area contributed by atoms with Gasteiger partial charge in [-0.1, -0.05) is 0 Å². The highest BCUT2D eigenvalue weighted by molar-refractivity contribution is 5.91. The van der Waals surface area contributed by atoms with Crippen molar-refractivity contribution in [3.05, 3.63) is 35.1 Å². The number of rotatable bonds is 3. The molecular formula is C19H21NO4. The summed E-state index contributed by atoms with van der Waals surface area (Å²) in [5, 5.41) is 1.03. The van der Waals surface area contributed by atoms with Crippen LogP contribution in [0.3, 0.4) is 0 Å². The first-order valence-electron chi connectivity index (χ1n) is 8.56. The minimum atomic E-state index is -0.440. The maximum atomic E-state index is 12.7. The summed E-state index contributed by atoms with van der Waals surface area (Å²) in [4.78, 5) is 26.2. The molecule has 5 nitrogen and oxygen atoms in total. The first kappa shape index (κ1) is 15.2. The zero-order valence-electron chi connectivity index (χ0n) is 13.8. The number of aryl methyl sites for hydroxylation is 2. The zero-order valence-corrected chi connectivity index (χ0v) is 13.8. The van der Waals surface area contributed by atoms with Crippen molar-refractivity contribution in [1.29, 1.82) is 0 Å². The normalized spacial score (nSPS) is 19.7. The molecule has 0 bridgehead atoms. The van der Waals surface area contributed by atoms with E-state index < -0.39 is 6.04 Å². The van der Waals surface area contributed by atoms with Gasteiger partial charge in [0.2, 0.25) is 5.91 Å². The van der Waals surface area contributed by atoms with E-state index in [0.29, 0.717) is 13.0 Å². The fourth-order valence-electron chi connectivity index (χ4n) is 4.00. The smallest absolute Gasteiger partial charge is 0.328 e. The Balaban J connectivity index is 1.58. The van der Waals surface area contributed by atoms with Gasteiger partial charge in [0.05, 0.1) is 19.8 Å². The van der Waals surface area contributed by atoms with Gasteiger partial charge in [0, 0.05) is 17.5 Å². The molecule has 1 fully saturated rings. The van der Waals surface area contributed by atoms with Crippen molar-refractivity contribution >= 4 is 22.8 Å². The largest absolute Gasteiger partial charge is 0.467 e. The Kier molecular flexibility index (Phi) is 3.79. The molecule has 1 aliphatic carbocycles. The minimum absolute atomic E-state index is 0.0360. The molecule has 1 atom stereocenters. The molecule has 0 spiro atoms. The summed E-state index contributed by atoms with van der Waals surface area (Å²) in [5.74, 6) is -0.359. The highest BCUT2D eigenvalue weighted by Crippen LogP contribution is 2.31. The van der Waals surface area contributed by atoms with Crippen LogP contribution in [-0.2, 0) is 33.6 Å². The van der Waals surface area contributed by atoms with Crippen molar-refractivity contribution in [1.82, 2.24) is 4.90 Å². The van der Waals surface area contributed by atoms with E-state index in [1.165, 1.54) is 24.7 Å². The lowest BCUT2D eigenvalue weighted by Gasteiger charge is -2.22. The molecule has 0 N–H and O–H groups in total. The third-order valence-corrected chi connectivity index (χ3v) is 5.26. The summed E-state index contributed by atoms with van der Waals surface area (Å²) in [5.41, 5.74) is 4.48. The number of amides is 1. The molecule has 0 unspecified atom stereocenters. The molecule has 0 radical (unpaired) electrons. The van der Waals surface area contributed by atoms with E-state index in [-0.39, 0.29) is 18.3 Å². The lowest BCUT2D eigenvalue weighted by molar-refractivity contribution is -0.150. The molecule has 1 aromatic heterocycles. The minimum Gasteiger partial charge on any atom is -0.467 e. The number of fused-ring (bicyclic) bond motifs is 2. The van der Waals surface area contributed by atoms with Crippen LogP contribution in [-0.4, -0.2) is 36.5 Å². The van der Waals surface area contributed by atoms with Gasteiger partial charge in [-0.25, -0.2) is 4.79 Å². The monoisotopic (exact) mass is 327 g/mol. The average molecular weight is 327 g/mol. The van der Waals surface area contributed by atoms with Crippen LogP contribution in [0.25, 0.3) is 11.0 Å². The number of carbonyl (C=O) groups is 2. The fraction of sp³-hybridized carbons (Fsp3) is 0.474. The van der Waals surface area contributed by atoms with Crippen molar-refractivity contribution in [3.63, 3.8) is 0 Å². The van der Waals surface area contributed by atoms with Gasteiger partial charge in [-0.3, -0.25) is 4.79 Å². The molecule has 4 rings (SSSR count). The number of benzene rings is 1. The summed E-state index contributed by atoms with van der Waals surface area (Å²) in [7, 11) is 1.37. The van der Waals surface area contributed by atoms with E-state index in [9.17, 15) is 9.59 Å². The van der Waals surface area contributed by atoms with Gasteiger partial charge < -0.3 is 14.1 Å². The molecule has 1 aromatic carbocycles. The van der Waals surface area contributed by atoms with Crippen molar-refractivity contribution in [2.75, 3.05) is 13.7 Å². The molecular weight excluding hydrogens is 306 g/mol. The Morgan fingerprint density at radius 1 is 1.25 bits per heavy atom. The van der Waals surface area contributed by atoms with Crippen LogP contribution in [0.5, 0.6) is 0 Å². The fourth-order valence-corrected chi connectivity index (χ4v) is 4.00. The maximum Gasteiger partial charge on any atom is 0.328 e. The topological polar surface area (TPSA) is 59.8 Å². The van der Waals surface area contributed by atoms with Gasteiger partial charge in [-0.05, 0) is 55.4 Å². The molecule has 2 aromatic rings. The summed E-state index contributed by atoms with van der Waals surface area (Å²) in [6, 6.07) is 3.84. The standard InChI is InChI=1S/C19H21NO4/c1-23-19(22)16-6-3-7-20(16)18(21)10-14-11-24-17-9-13-5-2-4-12(13)8-15(14)17/h8-9,11,16H,2-7,10H2,1H3/t16-/m0/s1. The van der Waals surface area contributed by atoms with E-state index in [4.69, 9.17) is 9.15 Å².